The molecule has 0 heterocycles. The first kappa shape index (κ1) is 14.1. The van der Waals surface area contributed by atoms with Crippen molar-refractivity contribution in [3.05, 3.63) is 27.7 Å². The highest BCUT2D eigenvalue weighted by Crippen LogP contribution is 2.33. The van der Waals surface area contributed by atoms with Gasteiger partial charge >= 0.3 is 12.0 Å². The Kier molecular flexibility index (Phi) is 4.31. The Bertz CT molecular complexity index is 520. The molecule has 1 aliphatic rings. The van der Waals surface area contributed by atoms with Crippen LogP contribution in [0.25, 0.3) is 0 Å². The summed E-state index contributed by atoms with van der Waals surface area (Å²) < 4.78 is 0.633. The lowest BCUT2D eigenvalue weighted by atomic mass is 10.2. The number of hydrogen-bond acceptors (Lipinski definition) is 2. The number of anilines is 1. The molecule has 1 atom stereocenters. The fraction of sp³-hybridized carbons (Fsp3) is 0.333. The van der Waals surface area contributed by atoms with E-state index in [1.807, 2.05) is 0 Å². The van der Waals surface area contributed by atoms with E-state index < -0.39 is 18.0 Å². The first-order chi connectivity index (χ1) is 8.97. The maximum absolute atomic E-state index is 11.8. The van der Waals surface area contributed by atoms with E-state index >= 15 is 0 Å². The van der Waals surface area contributed by atoms with Crippen LogP contribution in [0.2, 0.25) is 5.02 Å². The molecular weight excluding hydrogens is 336 g/mol. The summed E-state index contributed by atoms with van der Waals surface area (Å²) in [5.41, 5.74) is 0.529. The minimum Gasteiger partial charge on any atom is -0.480 e. The van der Waals surface area contributed by atoms with Crippen LogP contribution in [0.5, 0.6) is 0 Å². The Labute approximate surface area is 123 Å². The lowest BCUT2D eigenvalue weighted by Gasteiger charge is -2.15. The Morgan fingerprint density at radius 3 is 2.63 bits per heavy atom. The Morgan fingerprint density at radius 2 is 2.11 bits per heavy atom. The van der Waals surface area contributed by atoms with Crippen LogP contribution < -0.4 is 10.6 Å². The molecule has 0 bridgehead atoms. The molecule has 2 amide bonds. The summed E-state index contributed by atoms with van der Waals surface area (Å²) in [5.74, 6) is -0.968. The summed E-state index contributed by atoms with van der Waals surface area (Å²) in [5, 5.41) is 14.6. The van der Waals surface area contributed by atoms with E-state index in [9.17, 15) is 9.59 Å². The Morgan fingerprint density at radius 1 is 1.42 bits per heavy atom. The molecule has 0 aliphatic heterocycles. The van der Waals surface area contributed by atoms with Crippen molar-refractivity contribution in [3.8, 4) is 0 Å². The molecule has 0 spiro atoms. The minimum absolute atomic E-state index is 0.0388. The number of nitrogens with one attached hydrogen (secondary N) is 2. The van der Waals surface area contributed by atoms with Crippen molar-refractivity contribution in [2.24, 2.45) is 5.92 Å². The van der Waals surface area contributed by atoms with Gasteiger partial charge in [-0.05, 0) is 52.9 Å². The van der Waals surface area contributed by atoms with Gasteiger partial charge in [-0.25, -0.2) is 9.59 Å². The summed E-state index contributed by atoms with van der Waals surface area (Å²) in [6, 6.07) is 3.55. The van der Waals surface area contributed by atoms with Crippen molar-refractivity contribution in [3.63, 3.8) is 0 Å². The highest BCUT2D eigenvalue weighted by Gasteiger charge is 2.37. The van der Waals surface area contributed by atoms with Crippen LogP contribution in [0.4, 0.5) is 10.5 Å². The van der Waals surface area contributed by atoms with Crippen LogP contribution in [-0.4, -0.2) is 23.1 Å². The molecule has 0 saturated heterocycles. The Hall–Kier alpha value is -1.27. The van der Waals surface area contributed by atoms with Gasteiger partial charge in [-0.2, -0.15) is 0 Å². The summed E-state index contributed by atoms with van der Waals surface area (Å²) in [7, 11) is 0. The number of halogens is 2. The molecule has 1 aliphatic carbocycles. The molecule has 1 saturated carbocycles. The van der Waals surface area contributed by atoms with Crippen molar-refractivity contribution in [2.45, 2.75) is 18.9 Å². The summed E-state index contributed by atoms with van der Waals surface area (Å²) in [4.78, 5) is 22.8. The lowest BCUT2D eigenvalue weighted by molar-refractivity contribution is -0.139. The maximum Gasteiger partial charge on any atom is 0.326 e. The second kappa shape index (κ2) is 5.79. The normalized spacial score (nSPS) is 15.7. The van der Waals surface area contributed by atoms with Crippen molar-refractivity contribution >= 4 is 45.2 Å². The number of urea groups is 1. The van der Waals surface area contributed by atoms with Gasteiger partial charge in [-0.15, -0.1) is 0 Å². The molecule has 1 fully saturated rings. The van der Waals surface area contributed by atoms with Gasteiger partial charge in [0.15, 0.2) is 0 Å². The molecule has 1 unspecified atom stereocenters. The van der Waals surface area contributed by atoms with Crippen molar-refractivity contribution < 1.29 is 14.7 Å². The third-order valence-corrected chi connectivity index (χ3v) is 3.72. The fourth-order valence-corrected chi connectivity index (χ4v) is 2.48. The second-order valence-electron chi connectivity index (χ2n) is 4.38. The van der Waals surface area contributed by atoms with E-state index in [1.165, 1.54) is 0 Å². The van der Waals surface area contributed by atoms with Gasteiger partial charge in [0.1, 0.15) is 6.04 Å². The first-order valence-corrected chi connectivity index (χ1v) is 6.90. The zero-order valence-electron chi connectivity index (χ0n) is 9.82. The average Bonchev–Trinajstić information content (AvgIpc) is 3.13. The molecular formula is C12H12BrClN2O3. The number of carboxylic acid groups (broad SMARTS) is 1. The number of rotatable bonds is 4. The Balaban J connectivity index is 1.98. The molecule has 3 N–H and O–H groups in total. The predicted molar refractivity (Wildman–Crippen MR) is 75.5 cm³/mol. The standard InChI is InChI=1S/C12H12BrClN2O3/c13-8-5-7(14)3-4-9(8)15-12(19)16-10(11(17)18)6-1-2-6/h3-6,10H,1-2H2,(H,17,18)(H2,15,16,19). The van der Waals surface area contributed by atoms with E-state index in [0.717, 1.165) is 12.8 Å². The third kappa shape index (κ3) is 3.84. The van der Waals surface area contributed by atoms with E-state index in [4.69, 9.17) is 16.7 Å². The lowest BCUT2D eigenvalue weighted by Crippen LogP contribution is -2.44. The highest BCUT2D eigenvalue weighted by molar-refractivity contribution is 9.10. The summed E-state index contributed by atoms with van der Waals surface area (Å²) in [6.07, 6.45) is 1.67. The molecule has 0 aromatic heterocycles. The molecule has 7 heteroatoms. The number of amides is 2. The monoisotopic (exact) mass is 346 g/mol. The van der Waals surface area contributed by atoms with Gasteiger partial charge in [0, 0.05) is 9.50 Å². The molecule has 19 heavy (non-hydrogen) atoms. The maximum atomic E-state index is 11.8. The van der Waals surface area contributed by atoms with Gasteiger partial charge in [-0.1, -0.05) is 11.6 Å². The van der Waals surface area contributed by atoms with Crippen LogP contribution in [0.1, 0.15) is 12.8 Å². The van der Waals surface area contributed by atoms with Crippen molar-refractivity contribution in [1.82, 2.24) is 5.32 Å². The van der Waals surface area contributed by atoms with E-state index in [2.05, 4.69) is 26.6 Å². The third-order valence-electron chi connectivity index (χ3n) is 2.83. The van der Waals surface area contributed by atoms with Gasteiger partial charge < -0.3 is 15.7 Å². The molecule has 2 rings (SSSR count). The summed E-state index contributed by atoms with van der Waals surface area (Å²) >= 11 is 9.06. The fourth-order valence-electron chi connectivity index (χ4n) is 1.70. The van der Waals surface area contributed by atoms with Crippen LogP contribution in [0.15, 0.2) is 22.7 Å². The van der Waals surface area contributed by atoms with Gasteiger partial charge in [-0.3, -0.25) is 0 Å². The second-order valence-corrected chi connectivity index (χ2v) is 5.67. The average molecular weight is 348 g/mol. The predicted octanol–water partition coefficient (Wildman–Crippen LogP) is 3.09. The molecule has 0 radical (unpaired) electrons. The smallest absolute Gasteiger partial charge is 0.326 e. The number of carboxylic acids is 1. The quantitative estimate of drug-likeness (QED) is 0.783. The molecule has 5 nitrogen and oxygen atoms in total. The number of carbonyl (C=O) groups is 2. The van der Waals surface area contributed by atoms with E-state index in [-0.39, 0.29) is 5.92 Å². The van der Waals surface area contributed by atoms with Crippen LogP contribution in [-0.2, 0) is 4.79 Å². The van der Waals surface area contributed by atoms with E-state index in [1.54, 1.807) is 18.2 Å². The molecule has 102 valence electrons. The van der Waals surface area contributed by atoms with Crippen molar-refractivity contribution in [2.75, 3.05) is 5.32 Å². The molecule has 1 aromatic rings. The SMILES string of the molecule is O=C(Nc1ccc(Cl)cc1Br)NC(C(=O)O)C1CC1. The molecule has 1 aromatic carbocycles. The van der Waals surface area contributed by atoms with Crippen molar-refractivity contribution in [1.29, 1.82) is 0 Å². The van der Waals surface area contributed by atoms with Crippen LogP contribution in [0.3, 0.4) is 0 Å². The number of hydrogen-bond donors (Lipinski definition) is 3. The van der Waals surface area contributed by atoms with E-state index in [0.29, 0.717) is 15.2 Å². The zero-order valence-corrected chi connectivity index (χ0v) is 12.2. The van der Waals surface area contributed by atoms with Crippen LogP contribution in [0, 0.1) is 5.92 Å². The highest BCUT2D eigenvalue weighted by atomic mass is 79.9. The largest absolute Gasteiger partial charge is 0.480 e. The first-order valence-electron chi connectivity index (χ1n) is 5.73. The number of carbonyl (C=O) groups excluding carboxylic acids is 1. The van der Waals surface area contributed by atoms with Gasteiger partial charge in [0.2, 0.25) is 0 Å². The summed E-state index contributed by atoms with van der Waals surface area (Å²) in [6.45, 7) is 0. The number of benzene rings is 1. The zero-order chi connectivity index (χ0) is 14.0. The van der Waals surface area contributed by atoms with Gasteiger partial charge in [0.25, 0.3) is 0 Å². The number of aliphatic carboxylic acids is 1. The minimum atomic E-state index is -1.01. The van der Waals surface area contributed by atoms with Crippen LogP contribution >= 0.6 is 27.5 Å². The van der Waals surface area contributed by atoms with Gasteiger partial charge in [0.05, 0.1) is 5.69 Å². The topological polar surface area (TPSA) is 78.4 Å².